The van der Waals surface area contributed by atoms with Crippen molar-refractivity contribution < 1.29 is 14.3 Å². The van der Waals surface area contributed by atoms with Crippen LogP contribution >= 0.6 is 0 Å². The second kappa shape index (κ2) is 9.47. The number of nitrogens with zero attached hydrogens (tertiary/aromatic N) is 3. The van der Waals surface area contributed by atoms with Crippen LogP contribution in [0, 0.1) is 6.92 Å². The fourth-order valence-corrected chi connectivity index (χ4v) is 3.86. The number of carbonyl (C=O) groups is 1. The molecule has 0 radical (unpaired) electrons. The van der Waals surface area contributed by atoms with Crippen LogP contribution in [0.1, 0.15) is 43.3 Å². The number of rotatable bonds is 7. The Bertz CT molecular complexity index is 1050. The van der Waals surface area contributed by atoms with Crippen LogP contribution in [-0.4, -0.2) is 58.2 Å². The first-order valence-electron chi connectivity index (χ1n) is 10.9. The topological polar surface area (TPSA) is 80.3 Å². The van der Waals surface area contributed by atoms with Crippen molar-refractivity contribution in [2.24, 2.45) is 0 Å². The van der Waals surface area contributed by atoms with Gasteiger partial charge in [0.2, 0.25) is 11.8 Å². The molecule has 164 valence electrons. The molecule has 7 nitrogen and oxygen atoms in total. The molecule has 1 aliphatic heterocycles. The van der Waals surface area contributed by atoms with E-state index in [4.69, 9.17) is 9.47 Å². The molecule has 1 aromatic carbocycles. The summed E-state index contributed by atoms with van der Waals surface area (Å²) in [6.45, 7) is 8.09. The highest BCUT2D eigenvalue weighted by atomic mass is 16.5. The van der Waals surface area contributed by atoms with E-state index in [0.717, 1.165) is 23.5 Å². The van der Waals surface area contributed by atoms with E-state index in [1.54, 1.807) is 0 Å². The highest BCUT2D eigenvalue weighted by molar-refractivity contribution is 5.84. The lowest BCUT2D eigenvalue weighted by Gasteiger charge is -2.32. The molecule has 1 amide bonds. The number of para-hydroxylation sites is 1. The van der Waals surface area contributed by atoms with Crippen molar-refractivity contribution in [1.29, 1.82) is 0 Å². The molecule has 0 spiro atoms. The summed E-state index contributed by atoms with van der Waals surface area (Å²) in [7, 11) is 0. The highest BCUT2D eigenvalue weighted by Crippen LogP contribution is 2.20. The summed E-state index contributed by atoms with van der Waals surface area (Å²) in [5.41, 5.74) is 3.17. The number of benzene rings is 1. The van der Waals surface area contributed by atoms with Gasteiger partial charge in [0.1, 0.15) is 18.5 Å². The molecule has 0 aliphatic carbocycles. The van der Waals surface area contributed by atoms with Gasteiger partial charge >= 0.3 is 0 Å². The number of amides is 1. The van der Waals surface area contributed by atoms with Crippen molar-refractivity contribution >= 4 is 16.8 Å². The van der Waals surface area contributed by atoms with Gasteiger partial charge in [-0.05, 0) is 25.0 Å². The van der Waals surface area contributed by atoms with Gasteiger partial charge in [-0.3, -0.25) is 4.79 Å². The Morgan fingerprint density at radius 2 is 2.16 bits per heavy atom. The van der Waals surface area contributed by atoms with Gasteiger partial charge in [-0.25, -0.2) is 4.98 Å². The largest absolute Gasteiger partial charge is 0.475 e. The van der Waals surface area contributed by atoms with Gasteiger partial charge in [-0.15, -0.1) is 0 Å². The summed E-state index contributed by atoms with van der Waals surface area (Å²) in [6, 6.07) is 10.0. The van der Waals surface area contributed by atoms with E-state index in [2.05, 4.69) is 40.9 Å². The number of aromatic amines is 1. The number of carbonyl (C=O) groups excluding carboxylic acids is 1. The number of ether oxygens (including phenoxy) is 2. The van der Waals surface area contributed by atoms with Gasteiger partial charge in [-0.2, -0.15) is 4.98 Å². The fourth-order valence-electron chi connectivity index (χ4n) is 3.86. The van der Waals surface area contributed by atoms with Gasteiger partial charge in [0.15, 0.2) is 0 Å². The third-order valence-corrected chi connectivity index (χ3v) is 5.56. The van der Waals surface area contributed by atoms with Crippen LogP contribution in [0.15, 0.2) is 36.5 Å². The Kier molecular flexibility index (Phi) is 6.51. The van der Waals surface area contributed by atoms with Crippen molar-refractivity contribution in [1.82, 2.24) is 19.9 Å². The lowest BCUT2D eigenvalue weighted by molar-refractivity contribution is -0.139. The summed E-state index contributed by atoms with van der Waals surface area (Å²) in [6.07, 6.45) is 3.05. The smallest absolute Gasteiger partial charge is 0.223 e. The predicted molar refractivity (Wildman–Crippen MR) is 119 cm³/mol. The molecule has 1 atom stereocenters. The lowest BCUT2D eigenvalue weighted by Crippen LogP contribution is -2.47. The molecular formula is C24H30N4O3. The molecule has 1 saturated heterocycles. The summed E-state index contributed by atoms with van der Waals surface area (Å²) < 4.78 is 11.7. The van der Waals surface area contributed by atoms with E-state index in [0.29, 0.717) is 38.6 Å². The molecule has 7 heteroatoms. The number of fused-ring (bicyclic) bond motifs is 1. The van der Waals surface area contributed by atoms with E-state index in [-0.39, 0.29) is 17.9 Å². The summed E-state index contributed by atoms with van der Waals surface area (Å²) in [5, 5.41) is 1.18. The molecule has 0 bridgehead atoms. The average Bonchev–Trinajstić information content (AvgIpc) is 3.19. The zero-order valence-corrected chi connectivity index (χ0v) is 18.4. The minimum atomic E-state index is -0.163. The van der Waals surface area contributed by atoms with Crippen LogP contribution in [0.25, 0.3) is 10.9 Å². The Morgan fingerprint density at radius 3 is 3.00 bits per heavy atom. The van der Waals surface area contributed by atoms with Crippen LogP contribution < -0.4 is 4.74 Å². The van der Waals surface area contributed by atoms with Gasteiger partial charge in [0.25, 0.3) is 0 Å². The van der Waals surface area contributed by atoms with Crippen molar-refractivity contribution in [3.63, 3.8) is 0 Å². The van der Waals surface area contributed by atoms with Crippen molar-refractivity contribution in [3.05, 3.63) is 53.6 Å². The zero-order chi connectivity index (χ0) is 21.8. The van der Waals surface area contributed by atoms with Gasteiger partial charge in [0, 0.05) is 47.7 Å². The number of hydrogen-bond acceptors (Lipinski definition) is 5. The monoisotopic (exact) mass is 422 g/mol. The van der Waals surface area contributed by atoms with E-state index in [1.807, 2.05) is 36.2 Å². The average molecular weight is 423 g/mol. The molecule has 1 fully saturated rings. The third-order valence-electron chi connectivity index (χ3n) is 5.56. The van der Waals surface area contributed by atoms with Gasteiger partial charge in [0.05, 0.1) is 13.2 Å². The Hall–Kier alpha value is -2.93. The molecular weight excluding hydrogens is 392 g/mol. The van der Waals surface area contributed by atoms with E-state index in [1.165, 1.54) is 10.9 Å². The molecule has 4 rings (SSSR count). The Morgan fingerprint density at radius 1 is 1.32 bits per heavy atom. The third kappa shape index (κ3) is 5.22. The Balaban J connectivity index is 1.30. The zero-order valence-electron chi connectivity index (χ0n) is 18.4. The maximum Gasteiger partial charge on any atom is 0.223 e. The van der Waals surface area contributed by atoms with Crippen LogP contribution in [0.4, 0.5) is 0 Å². The highest BCUT2D eigenvalue weighted by Gasteiger charge is 2.25. The SMILES string of the molecule is Cc1cc(OCC2CN(C(=O)CCc3c[nH]c4ccccc34)CCO2)nc(C(C)C)n1. The first-order chi connectivity index (χ1) is 15.0. The number of morpholine rings is 1. The summed E-state index contributed by atoms with van der Waals surface area (Å²) in [4.78, 5) is 26.9. The number of hydrogen-bond donors (Lipinski definition) is 1. The number of aryl methyl sites for hydroxylation is 2. The molecule has 3 aromatic rings. The molecule has 1 N–H and O–H groups in total. The van der Waals surface area contributed by atoms with E-state index < -0.39 is 0 Å². The quantitative estimate of drug-likeness (QED) is 0.629. The molecule has 3 heterocycles. The van der Waals surface area contributed by atoms with Crippen molar-refractivity contribution in [2.45, 2.75) is 45.6 Å². The number of H-pyrrole nitrogens is 1. The van der Waals surface area contributed by atoms with Crippen LogP contribution in [0.2, 0.25) is 0 Å². The first-order valence-corrected chi connectivity index (χ1v) is 10.9. The molecule has 2 aromatic heterocycles. The summed E-state index contributed by atoms with van der Waals surface area (Å²) in [5.74, 6) is 1.72. The van der Waals surface area contributed by atoms with Crippen LogP contribution in [-0.2, 0) is 16.0 Å². The maximum absolute atomic E-state index is 12.8. The molecule has 0 saturated carbocycles. The maximum atomic E-state index is 12.8. The summed E-state index contributed by atoms with van der Waals surface area (Å²) >= 11 is 0. The van der Waals surface area contributed by atoms with Gasteiger partial charge in [-0.1, -0.05) is 32.0 Å². The number of aromatic nitrogens is 3. The van der Waals surface area contributed by atoms with Crippen molar-refractivity contribution in [3.8, 4) is 5.88 Å². The Labute approximate surface area is 182 Å². The van der Waals surface area contributed by atoms with Gasteiger partial charge < -0.3 is 19.4 Å². The lowest BCUT2D eigenvalue weighted by atomic mass is 10.1. The van der Waals surface area contributed by atoms with E-state index in [9.17, 15) is 4.79 Å². The molecule has 1 aliphatic rings. The predicted octanol–water partition coefficient (Wildman–Crippen LogP) is 3.63. The van der Waals surface area contributed by atoms with Crippen molar-refractivity contribution in [2.75, 3.05) is 26.3 Å². The normalized spacial score (nSPS) is 16.8. The van der Waals surface area contributed by atoms with Crippen LogP contribution in [0.3, 0.4) is 0 Å². The second-order valence-corrected chi connectivity index (χ2v) is 8.36. The first kappa shape index (κ1) is 21.3. The molecule has 31 heavy (non-hydrogen) atoms. The minimum Gasteiger partial charge on any atom is -0.475 e. The molecule has 1 unspecified atom stereocenters. The fraction of sp³-hybridized carbons (Fsp3) is 0.458. The van der Waals surface area contributed by atoms with Crippen LogP contribution in [0.5, 0.6) is 5.88 Å². The number of nitrogens with one attached hydrogen (secondary N) is 1. The standard InChI is InChI=1S/C24H30N4O3/c1-16(2)24-26-17(3)12-22(27-24)31-15-19-14-28(10-11-30-19)23(29)9-8-18-13-25-21-7-5-4-6-20(18)21/h4-7,12-13,16,19,25H,8-11,14-15H2,1-3H3. The minimum absolute atomic E-state index is 0.151. The van der Waals surface area contributed by atoms with E-state index >= 15 is 0 Å². The second-order valence-electron chi connectivity index (χ2n) is 8.36.